The number of carbonyl (C=O) groups is 3. The largest absolute Gasteiger partial charge is 0.479 e. The maximum atomic E-state index is 11.8. The summed E-state index contributed by atoms with van der Waals surface area (Å²) in [5.41, 5.74) is -1.42. The molecule has 0 spiro atoms. The molecular formula is C15H26N2O6. The second-order valence-corrected chi connectivity index (χ2v) is 6.28. The molecule has 132 valence electrons. The first kappa shape index (κ1) is 19.2. The zero-order valence-electron chi connectivity index (χ0n) is 13.9. The average Bonchev–Trinajstić information content (AvgIpc) is 2.90. The van der Waals surface area contributed by atoms with Crippen molar-refractivity contribution < 1.29 is 29.3 Å². The van der Waals surface area contributed by atoms with Gasteiger partial charge >= 0.3 is 18.0 Å². The first-order valence-corrected chi connectivity index (χ1v) is 7.79. The van der Waals surface area contributed by atoms with Gasteiger partial charge in [-0.2, -0.15) is 0 Å². The number of likely N-dealkylation sites (tertiary alicyclic amines) is 1. The smallest absolute Gasteiger partial charge is 0.408 e. The van der Waals surface area contributed by atoms with Gasteiger partial charge in [-0.1, -0.05) is 13.8 Å². The van der Waals surface area contributed by atoms with Crippen molar-refractivity contribution in [1.29, 1.82) is 0 Å². The molecule has 1 saturated heterocycles. The molecule has 8 heteroatoms. The SMILES string of the molecule is COC(=O)C(CC(C)C)NCC[C@]1(C(=O)O)CCCN1C(=O)O. The molecule has 1 rings (SSSR count). The van der Waals surface area contributed by atoms with E-state index in [2.05, 4.69) is 5.32 Å². The van der Waals surface area contributed by atoms with Crippen LogP contribution in [0.15, 0.2) is 0 Å². The van der Waals surface area contributed by atoms with Crippen LogP contribution in [0.3, 0.4) is 0 Å². The van der Waals surface area contributed by atoms with Crippen molar-refractivity contribution in [2.75, 3.05) is 20.2 Å². The molecule has 1 aliphatic rings. The van der Waals surface area contributed by atoms with Gasteiger partial charge in [0.15, 0.2) is 0 Å². The number of rotatable bonds is 8. The van der Waals surface area contributed by atoms with Crippen LogP contribution in [0.2, 0.25) is 0 Å². The van der Waals surface area contributed by atoms with Crippen LogP contribution in [-0.4, -0.2) is 64.9 Å². The Balaban J connectivity index is 2.73. The minimum Gasteiger partial charge on any atom is -0.479 e. The highest BCUT2D eigenvalue weighted by molar-refractivity contribution is 5.84. The van der Waals surface area contributed by atoms with Gasteiger partial charge in [0.1, 0.15) is 11.6 Å². The quantitative estimate of drug-likeness (QED) is 0.572. The van der Waals surface area contributed by atoms with Gasteiger partial charge in [0.25, 0.3) is 0 Å². The molecule has 0 aliphatic carbocycles. The summed E-state index contributed by atoms with van der Waals surface area (Å²) in [6, 6.07) is -0.523. The molecule has 1 amide bonds. The van der Waals surface area contributed by atoms with Gasteiger partial charge in [-0.3, -0.25) is 9.69 Å². The fourth-order valence-electron chi connectivity index (χ4n) is 3.08. The number of ether oxygens (including phenoxy) is 1. The Morgan fingerprint density at radius 1 is 1.30 bits per heavy atom. The van der Waals surface area contributed by atoms with Crippen molar-refractivity contribution in [2.45, 2.75) is 51.1 Å². The molecule has 0 aromatic carbocycles. The third-order valence-electron chi connectivity index (χ3n) is 4.24. The molecule has 1 aliphatic heterocycles. The van der Waals surface area contributed by atoms with Crippen LogP contribution in [-0.2, 0) is 14.3 Å². The van der Waals surface area contributed by atoms with Gasteiger partial charge in [-0.25, -0.2) is 9.59 Å². The zero-order valence-corrected chi connectivity index (χ0v) is 13.9. The van der Waals surface area contributed by atoms with Crippen LogP contribution in [0.4, 0.5) is 4.79 Å². The molecule has 0 aromatic rings. The summed E-state index contributed by atoms with van der Waals surface area (Å²) >= 11 is 0. The summed E-state index contributed by atoms with van der Waals surface area (Å²) in [4.78, 5) is 35.7. The highest BCUT2D eigenvalue weighted by Gasteiger charge is 2.49. The lowest BCUT2D eigenvalue weighted by atomic mass is 9.92. The summed E-state index contributed by atoms with van der Waals surface area (Å²) in [6.45, 7) is 4.38. The molecule has 23 heavy (non-hydrogen) atoms. The number of carboxylic acid groups (broad SMARTS) is 2. The van der Waals surface area contributed by atoms with Gasteiger partial charge in [0.05, 0.1) is 7.11 Å². The Labute approximate surface area is 135 Å². The van der Waals surface area contributed by atoms with E-state index in [9.17, 15) is 24.6 Å². The van der Waals surface area contributed by atoms with E-state index in [1.54, 1.807) is 0 Å². The molecule has 3 N–H and O–H groups in total. The van der Waals surface area contributed by atoms with Crippen molar-refractivity contribution in [2.24, 2.45) is 5.92 Å². The number of esters is 1. The first-order chi connectivity index (χ1) is 10.7. The van der Waals surface area contributed by atoms with Crippen molar-refractivity contribution in [3.05, 3.63) is 0 Å². The normalized spacial score (nSPS) is 22.2. The minimum atomic E-state index is -1.42. The average molecular weight is 330 g/mol. The van der Waals surface area contributed by atoms with E-state index in [4.69, 9.17) is 4.74 Å². The van der Waals surface area contributed by atoms with Crippen molar-refractivity contribution >= 4 is 18.0 Å². The number of amides is 1. The fourth-order valence-corrected chi connectivity index (χ4v) is 3.08. The molecule has 1 unspecified atom stereocenters. The second-order valence-electron chi connectivity index (χ2n) is 6.28. The van der Waals surface area contributed by atoms with E-state index in [0.29, 0.717) is 12.8 Å². The second kappa shape index (κ2) is 8.14. The Hall–Kier alpha value is -1.83. The third-order valence-corrected chi connectivity index (χ3v) is 4.24. The monoisotopic (exact) mass is 330 g/mol. The topological polar surface area (TPSA) is 116 Å². The third kappa shape index (κ3) is 4.57. The Morgan fingerprint density at radius 3 is 2.43 bits per heavy atom. The molecule has 2 atom stereocenters. The van der Waals surface area contributed by atoms with Gasteiger partial charge < -0.3 is 20.3 Å². The van der Waals surface area contributed by atoms with E-state index in [-0.39, 0.29) is 31.8 Å². The predicted molar refractivity (Wildman–Crippen MR) is 82.2 cm³/mol. The van der Waals surface area contributed by atoms with Crippen LogP contribution >= 0.6 is 0 Å². The number of aliphatic carboxylic acids is 1. The van der Waals surface area contributed by atoms with Crippen molar-refractivity contribution in [3.63, 3.8) is 0 Å². The summed E-state index contributed by atoms with van der Waals surface area (Å²) in [5.74, 6) is -1.27. The van der Waals surface area contributed by atoms with Crippen LogP contribution in [0.5, 0.6) is 0 Å². The van der Waals surface area contributed by atoms with Crippen molar-refractivity contribution in [3.8, 4) is 0 Å². The lowest BCUT2D eigenvalue weighted by molar-refractivity contribution is -0.149. The van der Waals surface area contributed by atoms with E-state index in [0.717, 1.165) is 4.90 Å². The number of methoxy groups -OCH3 is 1. The number of carboxylic acids is 1. The van der Waals surface area contributed by atoms with E-state index in [1.165, 1.54) is 7.11 Å². The maximum absolute atomic E-state index is 11.8. The highest BCUT2D eigenvalue weighted by Crippen LogP contribution is 2.32. The number of hydrogen-bond donors (Lipinski definition) is 3. The zero-order chi connectivity index (χ0) is 17.6. The van der Waals surface area contributed by atoms with Gasteiger partial charge in [-0.05, 0) is 38.1 Å². The number of nitrogens with one attached hydrogen (secondary N) is 1. The lowest BCUT2D eigenvalue weighted by Gasteiger charge is -2.33. The number of carbonyl (C=O) groups excluding carboxylic acids is 1. The van der Waals surface area contributed by atoms with Crippen LogP contribution in [0.25, 0.3) is 0 Å². The first-order valence-electron chi connectivity index (χ1n) is 7.79. The molecule has 0 radical (unpaired) electrons. The van der Waals surface area contributed by atoms with E-state index in [1.807, 2.05) is 13.8 Å². The Morgan fingerprint density at radius 2 is 1.96 bits per heavy atom. The molecule has 0 aromatic heterocycles. The number of nitrogens with zero attached hydrogens (tertiary/aromatic N) is 1. The Bertz CT molecular complexity index is 453. The minimum absolute atomic E-state index is 0.111. The maximum Gasteiger partial charge on any atom is 0.408 e. The molecule has 8 nitrogen and oxygen atoms in total. The van der Waals surface area contributed by atoms with Crippen LogP contribution in [0, 0.1) is 5.92 Å². The standard InChI is InChI=1S/C15H26N2O6/c1-10(2)9-11(12(18)23-3)16-7-6-15(13(19)20)5-4-8-17(15)14(21)22/h10-11,16H,4-9H2,1-3H3,(H,19,20)(H,21,22)/t11?,15-/m0/s1. The van der Waals surface area contributed by atoms with Crippen LogP contribution in [0.1, 0.15) is 39.5 Å². The molecule has 0 bridgehead atoms. The fraction of sp³-hybridized carbons (Fsp3) is 0.800. The molecule has 0 saturated carbocycles. The summed E-state index contributed by atoms with van der Waals surface area (Å²) < 4.78 is 4.75. The van der Waals surface area contributed by atoms with Gasteiger partial charge in [0.2, 0.25) is 0 Å². The van der Waals surface area contributed by atoms with Gasteiger partial charge in [-0.15, -0.1) is 0 Å². The van der Waals surface area contributed by atoms with E-state index < -0.39 is 29.6 Å². The number of hydrogen-bond acceptors (Lipinski definition) is 5. The molecular weight excluding hydrogens is 304 g/mol. The summed E-state index contributed by atoms with van der Waals surface area (Å²) in [6.07, 6.45) is 0.251. The van der Waals surface area contributed by atoms with Crippen LogP contribution < -0.4 is 5.32 Å². The lowest BCUT2D eigenvalue weighted by Crippen LogP contribution is -2.54. The molecule has 1 heterocycles. The van der Waals surface area contributed by atoms with E-state index >= 15 is 0 Å². The van der Waals surface area contributed by atoms with Gasteiger partial charge in [0, 0.05) is 6.54 Å². The summed E-state index contributed by atoms with van der Waals surface area (Å²) in [5, 5.41) is 21.8. The van der Waals surface area contributed by atoms with Crippen molar-refractivity contribution in [1.82, 2.24) is 10.2 Å². The summed E-state index contributed by atoms with van der Waals surface area (Å²) in [7, 11) is 1.30. The molecule has 1 fully saturated rings. The predicted octanol–water partition coefficient (Wildman–Crippen LogP) is 1.15. The Kier molecular flexibility index (Phi) is 6.80. The highest BCUT2D eigenvalue weighted by atomic mass is 16.5.